The van der Waals surface area contributed by atoms with E-state index in [4.69, 9.17) is 0 Å². The molecule has 24 heavy (non-hydrogen) atoms. The molecule has 132 valence electrons. The predicted octanol–water partition coefficient (Wildman–Crippen LogP) is 3.79. The number of carbonyl (C=O) groups excluding carboxylic acids is 1. The van der Waals surface area contributed by atoms with Crippen LogP contribution in [0.3, 0.4) is 0 Å². The van der Waals surface area contributed by atoms with Gasteiger partial charge in [-0.15, -0.1) is 0 Å². The highest BCUT2D eigenvalue weighted by Gasteiger charge is 2.43. The van der Waals surface area contributed by atoms with Crippen LogP contribution in [0, 0.1) is 0 Å². The fourth-order valence-corrected chi connectivity index (χ4v) is 2.28. The van der Waals surface area contributed by atoms with Gasteiger partial charge < -0.3 is 14.6 Å². The van der Waals surface area contributed by atoms with Gasteiger partial charge in [0.15, 0.2) is 6.61 Å². The number of halogens is 3. The smallest absolute Gasteiger partial charge is 0.430 e. The van der Waals surface area contributed by atoms with Crippen LogP contribution in [0.25, 0.3) is 0 Å². The van der Waals surface area contributed by atoms with E-state index in [1.807, 2.05) is 30.3 Å². The van der Waals surface area contributed by atoms with Crippen LogP contribution in [0.2, 0.25) is 0 Å². The summed E-state index contributed by atoms with van der Waals surface area (Å²) in [7, 11) is 0. The number of ether oxygens (including phenoxy) is 2. The minimum atomic E-state index is -4.58. The summed E-state index contributed by atoms with van der Waals surface area (Å²) < 4.78 is 44.3. The van der Waals surface area contributed by atoms with Crippen molar-refractivity contribution in [3.63, 3.8) is 0 Å². The van der Waals surface area contributed by atoms with Gasteiger partial charge in [-0.25, -0.2) is 4.79 Å². The van der Waals surface area contributed by atoms with Crippen LogP contribution in [-0.2, 0) is 15.9 Å². The maximum atomic E-state index is 11.9. The van der Waals surface area contributed by atoms with Gasteiger partial charge in [0.25, 0.3) is 0 Å². The SMILES string of the molecule is O=C(OC/C=C(/CCc1ccccc1)C1(O)CC1)OCC(F)(F)F. The monoisotopic (exact) mass is 344 g/mol. The summed E-state index contributed by atoms with van der Waals surface area (Å²) in [5, 5.41) is 10.3. The fourth-order valence-electron chi connectivity index (χ4n) is 2.28. The molecule has 4 nitrogen and oxygen atoms in total. The first-order valence-corrected chi connectivity index (χ1v) is 7.61. The van der Waals surface area contributed by atoms with E-state index >= 15 is 0 Å². The predicted molar refractivity (Wildman–Crippen MR) is 80.4 cm³/mol. The van der Waals surface area contributed by atoms with Crippen molar-refractivity contribution in [2.75, 3.05) is 13.2 Å². The molecule has 1 aromatic carbocycles. The Morgan fingerprint density at radius 3 is 2.46 bits per heavy atom. The minimum Gasteiger partial charge on any atom is -0.430 e. The van der Waals surface area contributed by atoms with E-state index in [1.54, 1.807) is 6.08 Å². The number of carbonyl (C=O) groups is 1. The highest BCUT2D eigenvalue weighted by molar-refractivity contribution is 5.60. The van der Waals surface area contributed by atoms with Crippen molar-refractivity contribution in [1.29, 1.82) is 0 Å². The topological polar surface area (TPSA) is 55.8 Å². The summed E-state index contributed by atoms with van der Waals surface area (Å²) in [6.07, 6.45) is -1.86. The van der Waals surface area contributed by atoms with E-state index in [9.17, 15) is 23.1 Å². The molecule has 1 fully saturated rings. The van der Waals surface area contributed by atoms with Crippen molar-refractivity contribution in [2.24, 2.45) is 0 Å². The molecule has 1 aromatic rings. The molecule has 1 N–H and O–H groups in total. The molecular weight excluding hydrogens is 325 g/mol. The Bertz CT molecular complexity index is 577. The molecule has 0 unspecified atom stereocenters. The molecule has 7 heteroatoms. The lowest BCUT2D eigenvalue weighted by Crippen LogP contribution is -2.21. The fraction of sp³-hybridized carbons (Fsp3) is 0.471. The van der Waals surface area contributed by atoms with Crippen LogP contribution in [0.15, 0.2) is 42.0 Å². The second-order valence-corrected chi connectivity index (χ2v) is 5.71. The van der Waals surface area contributed by atoms with Crippen LogP contribution in [0.5, 0.6) is 0 Å². The molecule has 0 spiro atoms. The molecule has 0 atom stereocenters. The number of hydrogen-bond acceptors (Lipinski definition) is 4. The normalized spacial score (nSPS) is 16.6. The van der Waals surface area contributed by atoms with Crippen LogP contribution < -0.4 is 0 Å². The zero-order valence-electron chi connectivity index (χ0n) is 13.0. The third kappa shape index (κ3) is 6.23. The Hall–Kier alpha value is -2.02. The van der Waals surface area contributed by atoms with Crippen molar-refractivity contribution in [3.05, 3.63) is 47.5 Å². The summed E-state index contributed by atoms with van der Waals surface area (Å²) in [5.41, 5.74) is 0.960. The molecule has 0 aliphatic heterocycles. The first-order chi connectivity index (χ1) is 11.3. The number of aryl methyl sites for hydroxylation is 1. The summed E-state index contributed by atoms with van der Waals surface area (Å²) in [6.45, 7) is -1.91. The van der Waals surface area contributed by atoms with Gasteiger partial charge in [0.2, 0.25) is 0 Å². The lowest BCUT2D eigenvalue weighted by molar-refractivity contribution is -0.165. The van der Waals surface area contributed by atoms with Crippen LogP contribution in [0.4, 0.5) is 18.0 Å². The zero-order valence-corrected chi connectivity index (χ0v) is 13.0. The second-order valence-electron chi connectivity index (χ2n) is 5.71. The highest BCUT2D eigenvalue weighted by atomic mass is 19.4. The molecule has 0 heterocycles. The Balaban J connectivity index is 1.82. The lowest BCUT2D eigenvalue weighted by atomic mass is 9.99. The Morgan fingerprint density at radius 2 is 1.88 bits per heavy atom. The van der Waals surface area contributed by atoms with Crippen LogP contribution >= 0.6 is 0 Å². The van der Waals surface area contributed by atoms with Gasteiger partial charge in [-0.05, 0) is 42.9 Å². The van der Waals surface area contributed by atoms with E-state index < -0.39 is 24.5 Å². The van der Waals surface area contributed by atoms with Crippen molar-refractivity contribution in [2.45, 2.75) is 37.5 Å². The molecule has 0 bridgehead atoms. The Morgan fingerprint density at radius 1 is 1.21 bits per heavy atom. The standard InChI is InChI=1S/C17H19F3O4/c18-17(19,20)12-24-15(21)23-11-8-14(16(22)9-10-16)7-6-13-4-2-1-3-5-13/h1-5,8,22H,6-7,9-12H2/b14-8-. The third-order valence-corrected chi connectivity index (χ3v) is 3.73. The van der Waals surface area contributed by atoms with Gasteiger partial charge in [0.1, 0.15) is 6.61 Å². The average Bonchev–Trinajstić information content (AvgIpc) is 3.27. The van der Waals surface area contributed by atoms with Crippen molar-refractivity contribution in [1.82, 2.24) is 0 Å². The maximum Gasteiger partial charge on any atom is 0.508 e. The molecule has 0 radical (unpaired) electrons. The van der Waals surface area contributed by atoms with Crippen molar-refractivity contribution in [3.8, 4) is 0 Å². The molecule has 0 saturated heterocycles. The molecule has 0 amide bonds. The van der Waals surface area contributed by atoms with Gasteiger partial charge in [-0.2, -0.15) is 13.2 Å². The van der Waals surface area contributed by atoms with E-state index in [2.05, 4.69) is 9.47 Å². The lowest BCUT2D eigenvalue weighted by Gasteiger charge is -2.14. The first-order valence-electron chi connectivity index (χ1n) is 7.61. The van der Waals surface area contributed by atoms with Gasteiger partial charge in [-0.3, -0.25) is 0 Å². The summed E-state index contributed by atoms with van der Waals surface area (Å²) in [5.74, 6) is 0. The quantitative estimate of drug-likeness (QED) is 0.604. The van der Waals surface area contributed by atoms with Gasteiger partial charge >= 0.3 is 12.3 Å². The van der Waals surface area contributed by atoms with E-state index in [0.29, 0.717) is 25.7 Å². The minimum absolute atomic E-state index is 0.233. The molecule has 0 aromatic heterocycles. The van der Waals surface area contributed by atoms with Crippen molar-refractivity contribution >= 4 is 6.16 Å². The van der Waals surface area contributed by atoms with Crippen LogP contribution in [0.1, 0.15) is 24.8 Å². The van der Waals surface area contributed by atoms with Crippen LogP contribution in [-0.4, -0.2) is 36.3 Å². The summed E-state index contributed by atoms with van der Waals surface area (Å²) in [4.78, 5) is 11.1. The van der Waals surface area contributed by atoms with E-state index in [0.717, 1.165) is 11.1 Å². The molecular formula is C17H19F3O4. The largest absolute Gasteiger partial charge is 0.508 e. The summed E-state index contributed by atoms with van der Waals surface area (Å²) in [6, 6.07) is 9.70. The first kappa shape index (κ1) is 18.3. The Kier molecular flexibility index (Phi) is 5.88. The van der Waals surface area contributed by atoms with Gasteiger partial charge in [0.05, 0.1) is 5.60 Å². The molecule has 1 saturated carbocycles. The average molecular weight is 344 g/mol. The summed E-state index contributed by atoms with van der Waals surface area (Å²) >= 11 is 0. The molecule has 1 aliphatic carbocycles. The van der Waals surface area contributed by atoms with E-state index in [-0.39, 0.29) is 6.61 Å². The number of hydrogen-bond donors (Lipinski definition) is 1. The number of rotatable bonds is 7. The molecule has 2 rings (SSSR count). The van der Waals surface area contributed by atoms with Gasteiger partial charge in [-0.1, -0.05) is 30.3 Å². The second kappa shape index (κ2) is 7.70. The highest BCUT2D eigenvalue weighted by Crippen LogP contribution is 2.43. The number of alkyl halides is 3. The zero-order chi connectivity index (χ0) is 17.6. The van der Waals surface area contributed by atoms with E-state index in [1.165, 1.54) is 0 Å². The Labute approximate surface area is 137 Å². The van der Waals surface area contributed by atoms with Gasteiger partial charge in [0, 0.05) is 0 Å². The van der Waals surface area contributed by atoms with Crippen molar-refractivity contribution < 1.29 is 32.5 Å². The number of benzene rings is 1. The third-order valence-electron chi connectivity index (χ3n) is 3.73. The molecule has 1 aliphatic rings. The maximum absolute atomic E-state index is 11.9. The number of aliphatic hydroxyl groups is 1.